The summed E-state index contributed by atoms with van der Waals surface area (Å²) in [4.78, 5) is 16.0. The summed E-state index contributed by atoms with van der Waals surface area (Å²) in [5, 5.41) is 0. The third kappa shape index (κ3) is 2.65. The highest BCUT2D eigenvalue weighted by atomic mass is 16.2. The topological polar surface area (TPSA) is 23.6 Å². The highest BCUT2D eigenvalue weighted by molar-refractivity contribution is 5.73. The second-order valence-corrected chi connectivity index (χ2v) is 6.85. The Morgan fingerprint density at radius 1 is 1.06 bits per heavy atom. The van der Waals surface area contributed by atoms with Gasteiger partial charge < -0.3 is 4.90 Å². The number of piperidine rings is 1. The lowest BCUT2D eigenvalue weighted by Gasteiger charge is -2.40. The molecule has 2 heterocycles. The van der Waals surface area contributed by atoms with E-state index in [0.717, 1.165) is 13.1 Å². The lowest BCUT2D eigenvalue weighted by molar-refractivity contribution is -0.131. The number of hydrogen-bond acceptors (Lipinski definition) is 2. The number of hydrogen-bond donors (Lipinski definition) is 0. The Morgan fingerprint density at radius 3 is 2.00 bits per heavy atom. The van der Waals surface area contributed by atoms with Crippen LogP contribution in [0.25, 0.3) is 0 Å². The highest BCUT2D eigenvalue weighted by Crippen LogP contribution is 2.42. The summed E-state index contributed by atoms with van der Waals surface area (Å²) >= 11 is 0. The Bertz CT molecular complexity index is 298. The van der Waals surface area contributed by atoms with E-state index in [2.05, 4.69) is 25.7 Å². The van der Waals surface area contributed by atoms with Gasteiger partial charge in [0.05, 0.1) is 0 Å². The van der Waals surface area contributed by atoms with Crippen LogP contribution in [0, 0.1) is 5.41 Å². The van der Waals surface area contributed by atoms with E-state index in [-0.39, 0.29) is 5.91 Å². The zero-order valence-electron chi connectivity index (χ0n) is 11.8. The molecule has 1 spiro atoms. The van der Waals surface area contributed by atoms with Crippen LogP contribution in [0.2, 0.25) is 0 Å². The summed E-state index contributed by atoms with van der Waals surface area (Å²) in [5.74, 6) is 0.241. The van der Waals surface area contributed by atoms with Crippen molar-refractivity contribution in [1.29, 1.82) is 0 Å². The van der Waals surface area contributed by atoms with Gasteiger partial charge in [-0.1, -0.05) is 0 Å². The molecule has 0 bridgehead atoms. The Morgan fingerprint density at radius 2 is 1.59 bits per heavy atom. The Balaban J connectivity index is 1.94. The molecule has 0 unspecified atom stereocenters. The highest BCUT2D eigenvalue weighted by Gasteiger charge is 2.43. The van der Waals surface area contributed by atoms with Crippen molar-refractivity contribution in [2.24, 2.45) is 5.41 Å². The van der Waals surface area contributed by atoms with E-state index in [9.17, 15) is 4.79 Å². The SMILES string of the molecule is CC(=O)N1CCC2(CC1)CCN(C(C)(C)C)C2. The summed E-state index contributed by atoms with van der Waals surface area (Å²) in [5.41, 5.74) is 0.792. The summed E-state index contributed by atoms with van der Waals surface area (Å²) in [6, 6.07) is 0. The van der Waals surface area contributed by atoms with Gasteiger partial charge in [0.15, 0.2) is 0 Å². The first-order valence-electron chi connectivity index (χ1n) is 6.83. The summed E-state index contributed by atoms with van der Waals surface area (Å²) in [7, 11) is 0. The molecule has 0 aromatic heterocycles. The van der Waals surface area contributed by atoms with Crippen molar-refractivity contribution in [3.8, 4) is 0 Å². The zero-order chi connectivity index (χ0) is 12.7. The van der Waals surface area contributed by atoms with Crippen LogP contribution in [0.4, 0.5) is 0 Å². The van der Waals surface area contributed by atoms with Gasteiger partial charge in [-0.25, -0.2) is 0 Å². The molecule has 2 aliphatic heterocycles. The molecule has 0 atom stereocenters. The van der Waals surface area contributed by atoms with Crippen LogP contribution < -0.4 is 0 Å². The van der Waals surface area contributed by atoms with E-state index in [4.69, 9.17) is 0 Å². The van der Waals surface area contributed by atoms with Gasteiger partial charge in [0.25, 0.3) is 0 Å². The van der Waals surface area contributed by atoms with Crippen LogP contribution >= 0.6 is 0 Å². The van der Waals surface area contributed by atoms with Crippen molar-refractivity contribution >= 4 is 5.91 Å². The molecule has 1 amide bonds. The van der Waals surface area contributed by atoms with Gasteiger partial charge in [-0.15, -0.1) is 0 Å². The van der Waals surface area contributed by atoms with Gasteiger partial charge in [-0.3, -0.25) is 9.69 Å². The quantitative estimate of drug-likeness (QED) is 0.645. The van der Waals surface area contributed by atoms with Crippen LogP contribution in [-0.2, 0) is 4.79 Å². The second-order valence-electron chi connectivity index (χ2n) is 6.85. The molecular formula is C14H26N2O. The van der Waals surface area contributed by atoms with Crippen molar-refractivity contribution in [3.05, 3.63) is 0 Å². The number of rotatable bonds is 0. The normalized spacial score (nSPS) is 25.5. The van der Waals surface area contributed by atoms with E-state index in [1.165, 1.54) is 32.4 Å². The number of carbonyl (C=O) groups excluding carboxylic acids is 1. The van der Waals surface area contributed by atoms with Crippen LogP contribution in [0.15, 0.2) is 0 Å². The van der Waals surface area contributed by atoms with Crippen molar-refractivity contribution in [2.45, 2.75) is 52.5 Å². The molecule has 2 fully saturated rings. The molecule has 3 nitrogen and oxygen atoms in total. The minimum Gasteiger partial charge on any atom is -0.343 e. The number of carbonyl (C=O) groups is 1. The number of nitrogens with zero attached hydrogens (tertiary/aromatic N) is 2. The molecule has 0 N–H and O–H groups in total. The summed E-state index contributed by atoms with van der Waals surface area (Å²) < 4.78 is 0. The molecule has 3 heteroatoms. The van der Waals surface area contributed by atoms with Crippen LogP contribution in [0.3, 0.4) is 0 Å². The molecule has 0 aromatic carbocycles. The van der Waals surface area contributed by atoms with Gasteiger partial charge >= 0.3 is 0 Å². The minimum atomic E-state index is 0.241. The van der Waals surface area contributed by atoms with Crippen LogP contribution in [-0.4, -0.2) is 47.4 Å². The Labute approximate surface area is 105 Å². The van der Waals surface area contributed by atoms with E-state index in [0.29, 0.717) is 11.0 Å². The fourth-order valence-corrected chi connectivity index (χ4v) is 3.21. The maximum atomic E-state index is 11.3. The van der Waals surface area contributed by atoms with E-state index >= 15 is 0 Å². The average molecular weight is 238 g/mol. The zero-order valence-corrected chi connectivity index (χ0v) is 11.8. The van der Waals surface area contributed by atoms with Gasteiger partial charge in [0.2, 0.25) is 5.91 Å². The predicted octanol–water partition coefficient (Wildman–Crippen LogP) is 2.12. The van der Waals surface area contributed by atoms with Crippen LogP contribution in [0.1, 0.15) is 47.0 Å². The predicted molar refractivity (Wildman–Crippen MR) is 69.9 cm³/mol. The number of likely N-dealkylation sites (tertiary alicyclic amines) is 2. The Hall–Kier alpha value is -0.570. The standard InChI is InChI=1S/C14H26N2O/c1-12(17)15-8-5-14(6-9-15)7-10-16(11-14)13(2,3)4/h5-11H2,1-4H3. The van der Waals surface area contributed by atoms with Gasteiger partial charge in [0, 0.05) is 32.1 Å². The third-order valence-corrected chi connectivity index (χ3v) is 4.66. The molecule has 2 aliphatic rings. The molecular weight excluding hydrogens is 212 g/mol. The lowest BCUT2D eigenvalue weighted by Crippen LogP contribution is -2.45. The van der Waals surface area contributed by atoms with Gasteiger partial charge in [-0.2, -0.15) is 0 Å². The first-order chi connectivity index (χ1) is 7.82. The molecule has 0 aromatic rings. The fourth-order valence-electron chi connectivity index (χ4n) is 3.21. The first kappa shape index (κ1) is 12.9. The third-order valence-electron chi connectivity index (χ3n) is 4.66. The van der Waals surface area contributed by atoms with Crippen molar-refractivity contribution in [3.63, 3.8) is 0 Å². The number of amides is 1. The van der Waals surface area contributed by atoms with Crippen molar-refractivity contribution in [2.75, 3.05) is 26.2 Å². The van der Waals surface area contributed by atoms with E-state index in [1.807, 2.05) is 4.90 Å². The van der Waals surface area contributed by atoms with Crippen molar-refractivity contribution < 1.29 is 4.79 Å². The monoisotopic (exact) mass is 238 g/mol. The van der Waals surface area contributed by atoms with E-state index < -0.39 is 0 Å². The first-order valence-corrected chi connectivity index (χ1v) is 6.83. The van der Waals surface area contributed by atoms with Crippen LogP contribution in [0.5, 0.6) is 0 Å². The maximum absolute atomic E-state index is 11.3. The molecule has 0 radical (unpaired) electrons. The average Bonchev–Trinajstić information content (AvgIpc) is 2.62. The summed E-state index contributed by atoms with van der Waals surface area (Å²) in [6.07, 6.45) is 3.70. The molecule has 98 valence electrons. The van der Waals surface area contributed by atoms with Crippen molar-refractivity contribution in [1.82, 2.24) is 9.80 Å². The summed E-state index contributed by atoms with van der Waals surface area (Å²) in [6.45, 7) is 13.0. The minimum absolute atomic E-state index is 0.241. The lowest BCUT2D eigenvalue weighted by atomic mass is 9.77. The smallest absolute Gasteiger partial charge is 0.219 e. The molecule has 0 saturated carbocycles. The molecule has 2 rings (SSSR count). The van der Waals surface area contributed by atoms with E-state index in [1.54, 1.807) is 6.92 Å². The van der Waals surface area contributed by atoms with Gasteiger partial charge in [0.1, 0.15) is 0 Å². The van der Waals surface area contributed by atoms with Gasteiger partial charge in [-0.05, 0) is 52.0 Å². The maximum Gasteiger partial charge on any atom is 0.219 e. The second kappa shape index (κ2) is 4.27. The fraction of sp³-hybridized carbons (Fsp3) is 0.929. The molecule has 0 aliphatic carbocycles. The Kier molecular flexibility index (Phi) is 3.23. The molecule has 17 heavy (non-hydrogen) atoms. The molecule has 2 saturated heterocycles. The largest absolute Gasteiger partial charge is 0.343 e.